The van der Waals surface area contributed by atoms with Crippen molar-refractivity contribution in [3.8, 4) is 22.9 Å². The molecule has 0 N–H and O–H groups in total. The molecule has 0 aliphatic carbocycles. The van der Waals surface area contributed by atoms with Gasteiger partial charge in [0.1, 0.15) is 0 Å². The summed E-state index contributed by atoms with van der Waals surface area (Å²) in [6, 6.07) is 18.4. The van der Waals surface area contributed by atoms with E-state index >= 15 is 0 Å². The molecule has 4 aromatic rings. The lowest BCUT2D eigenvalue weighted by Gasteiger charge is -2.28. The summed E-state index contributed by atoms with van der Waals surface area (Å²) in [7, 11) is 3.15. The molecule has 0 aliphatic rings. The molecular formula is C25H25N3O5. The van der Waals surface area contributed by atoms with Gasteiger partial charge in [0.2, 0.25) is 11.7 Å². The van der Waals surface area contributed by atoms with Crippen LogP contribution in [0.3, 0.4) is 0 Å². The van der Waals surface area contributed by atoms with Crippen molar-refractivity contribution in [1.82, 2.24) is 15.0 Å². The molecule has 2 heterocycles. The minimum atomic E-state index is -0.198. The van der Waals surface area contributed by atoms with Crippen molar-refractivity contribution in [2.45, 2.75) is 19.4 Å². The van der Waals surface area contributed by atoms with E-state index in [-0.39, 0.29) is 17.7 Å². The topological polar surface area (TPSA) is 90.8 Å². The van der Waals surface area contributed by atoms with Crippen LogP contribution >= 0.6 is 0 Å². The van der Waals surface area contributed by atoms with Gasteiger partial charge in [0.15, 0.2) is 17.3 Å². The van der Waals surface area contributed by atoms with Gasteiger partial charge in [-0.25, -0.2) is 0 Å². The highest BCUT2D eigenvalue weighted by Crippen LogP contribution is 2.31. The van der Waals surface area contributed by atoms with E-state index in [1.807, 2.05) is 43.3 Å². The zero-order chi connectivity index (χ0) is 23.2. The predicted molar refractivity (Wildman–Crippen MR) is 121 cm³/mol. The maximum atomic E-state index is 13.1. The van der Waals surface area contributed by atoms with Crippen LogP contribution in [0, 0.1) is 0 Å². The van der Waals surface area contributed by atoms with Crippen LogP contribution in [0.2, 0.25) is 0 Å². The number of aromatic nitrogens is 2. The van der Waals surface area contributed by atoms with Crippen molar-refractivity contribution >= 4 is 5.91 Å². The van der Waals surface area contributed by atoms with Gasteiger partial charge >= 0.3 is 0 Å². The monoisotopic (exact) mass is 447 g/mol. The zero-order valence-electron chi connectivity index (χ0n) is 18.7. The molecule has 170 valence electrons. The number of benzene rings is 2. The second-order valence-electron chi connectivity index (χ2n) is 7.39. The molecule has 33 heavy (non-hydrogen) atoms. The number of furan rings is 1. The zero-order valence-corrected chi connectivity index (χ0v) is 18.7. The third kappa shape index (κ3) is 4.90. The number of rotatable bonds is 9. The molecule has 0 saturated carbocycles. The van der Waals surface area contributed by atoms with Gasteiger partial charge < -0.3 is 23.3 Å². The predicted octanol–water partition coefficient (Wildman–Crippen LogP) is 4.79. The Labute approximate surface area is 191 Å². The average Bonchev–Trinajstić information content (AvgIpc) is 3.57. The lowest BCUT2D eigenvalue weighted by atomic mass is 10.1. The van der Waals surface area contributed by atoms with Crippen LogP contribution < -0.4 is 9.47 Å². The Morgan fingerprint density at radius 2 is 1.82 bits per heavy atom. The van der Waals surface area contributed by atoms with Gasteiger partial charge in [-0.05, 0) is 42.8 Å². The van der Waals surface area contributed by atoms with Gasteiger partial charge in [-0.2, -0.15) is 4.98 Å². The van der Waals surface area contributed by atoms with Crippen molar-refractivity contribution in [2.24, 2.45) is 0 Å². The van der Waals surface area contributed by atoms with Crippen LogP contribution in [0.25, 0.3) is 11.4 Å². The molecule has 1 amide bonds. The Morgan fingerprint density at radius 3 is 2.52 bits per heavy atom. The van der Waals surface area contributed by atoms with Crippen LogP contribution in [-0.4, -0.2) is 41.7 Å². The lowest BCUT2D eigenvalue weighted by molar-refractivity contribution is 0.0656. The first-order valence-corrected chi connectivity index (χ1v) is 10.5. The van der Waals surface area contributed by atoms with E-state index in [1.165, 1.54) is 6.26 Å². The van der Waals surface area contributed by atoms with E-state index in [0.29, 0.717) is 36.2 Å². The van der Waals surface area contributed by atoms with E-state index in [1.54, 1.807) is 43.4 Å². The molecule has 0 spiro atoms. The molecule has 0 unspecified atom stereocenters. The molecule has 0 aliphatic heterocycles. The fourth-order valence-corrected chi connectivity index (χ4v) is 3.59. The Balaban J connectivity index is 1.53. The highest BCUT2D eigenvalue weighted by Gasteiger charge is 2.25. The molecule has 2 aromatic heterocycles. The number of amides is 1. The molecule has 0 fully saturated rings. The number of ether oxygens (including phenoxy) is 2. The normalized spacial score (nSPS) is 11.7. The van der Waals surface area contributed by atoms with Gasteiger partial charge in [-0.15, -0.1) is 0 Å². The van der Waals surface area contributed by atoms with E-state index in [0.717, 1.165) is 11.1 Å². The average molecular weight is 447 g/mol. The van der Waals surface area contributed by atoms with Crippen LogP contribution in [0.15, 0.2) is 75.9 Å². The van der Waals surface area contributed by atoms with Crippen molar-refractivity contribution in [3.63, 3.8) is 0 Å². The molecule has 1 atom stereocenters. The maximum Gasteiger partial charge on any atom is 0.290 e. The number of hydrogen-bond acceptors (Lipinski definition) is 7. The Hall–Kier alpha value is -4.07. The lowest BCUT2D eigenvalue weighted by Crippen LogP contribution is -2.35. The van der Waals surface area contributed by atoms with Gasteiger partial charge in [0, 0.05) is 18.5 Å². The summed E-state index contributed by atoms with van der Waals surface area (Å²) in [6.45, 7) is 2.36. The third-order valence-corrected chi connectivity index (χ3v) is 5.42. The summed E-state index contributed by atoms with van der Waals surface area (Å²) in [6.07, 6.45) is 1.88. The quantitative estimate of drug-likeness (QED) is 0.364. The first-order valence-electron chi connectivity index (χ1n) is 10.5. The minimum absolute atomic E-state index is 0.169. The number of methoxy groups -OCH3 is 2. The molecule has 8 nitrogen and oxygen atoms in total. The van der Waals surface area contributed by atoms with E-state index in [2.05, 4.69) is 10.1 Å². The van der Waals surface area contributed by atoms with E-state index in [4.69, 9.17) is 18.4 Å². The molecular weight excluding hydrogens is 422 g/mol. The van der Waals surface area contributed by atoms with E-state index in [9.17, 15) is 4.79 Å². The first kappa shape index (κ1) is 22.1. The van der Waals surface area contributed by atoms with Crippen LogP contribution in [0.5, 0.6) is 11.5 Å². The van der Waals surface area contributed by atoms with Gasteiger partial charge in [-0.1, -0.05) is 35.5 Å². The van der Waals surface area contributed by atoms with Crippen molar-refractivity contribution in [2.75, 3.05) is 20.8 Å². The number of hydrogen-bond donors (Lipinski definition) is 0. The summed E-state index contributed by atoms with van der Waals surface area (Å²) in [5.74, 6) is 2.15. The molecule has 0 radical (unpaired) electrons. The summed E-state index contributed by atoms with van der Waals surface area (Å²) in [5, 5.41) is 4.09. The minimum Gasteiger partial charge on any atom is -0.493 e. The molecule has 0 saturated heterocycles. The highest BCUT2D eigenvalue weighted by atomic mass is 16.5. The Morgan fingerprint density at radius 1 is 1.03 bits per heavy atom. The summed E-state index contributed by atoms with van der Waals surface area (Å²) in [4.78, 5) is 19.4. The fraction of sp³-hybridized carbons (Fsp3) is 0.240. The SMILES string of the molecule is COc1ccc(-c2noc(CCN(C(=O)c3ccco3)[C@H](C)c3ccccc3)n2)cc1OC. The Kier molecular flexibility index (Phi) is 6.73. The van der Waals surface area contributed by atoms with E-state index < -0.39 is 0 Å². The maximum absolute atomic E-state index is 13.1. The number of carbonyl (C=O) groups is 1. The third-order valence-electron chi connectivity index (χ3n) is 5.42. The van der Waals surface area contributed by atoms with Crippen LogP contribution in [-0.2, 0) is 6.42 Å². The second-order valence-corrected chi connectivity index (χ2v) is 7.39. The van der Waals surface area contributed by atoms with Gasteiger partial charge in [0.05, 0.1) is 26.5 Å². The summed E-state index contributed by atoms with van der Waals surface area (Å²) in [5.41, 5.74) is 1.76. The standard InChI is InChI=1S/C25H25N3O5/c1-17(18-8-5-4-6-9-18)28(25(29)21-10-7-15-32-21)14-13-23-26-24(27-33-23)19-11-12-20(30-2)22(16-19)31-3/h4-12,15-17H,13-14H2,1-3H3/t17-/m1/s1. The summed E-state index contributed by atoms with van der Waals surface area (Å²) < 4.78 is 21.4. The smallest absolute Gasteiger partial charge is 0.290 e. The molecule has 4 rings (SSSR count). The van der Waals surface area contributed by atoms with Gasteiger partial charge in [-0.3, -0.25) is 4.79 Å². The van der Waals surface area contributed by atoms with Crippen molar-refractivity contribution in [1.29, 1.82) is 0 Å². The molecule has 8 heteroatoms. The van der Waals surface area contributed by atoms with Crippen LogP contribution in [0.1, 0.15) is 35.0 Å². The molecule has 0 bridgehead atoms. The number of nitrogens with zero attached hydrogens (tertiary/aromatic N) is 3. The second kappa shape index (κ2) is 10.0. The summed E-state index contributed by atoms with van der Waals surface area (Å²) >= 11 is 0. The largest absolute Gasteiger partial charge is 0.493 e. The first-order chi connectivity index (χ1) is 16.1. The highest BCUT2D eigenvalue weighted by molar-refractivity contribution is 5.91. The van der Waals surface area contributed by atoms with Crippen LogP contribution in [0.4, 0.5) is 0 Å². The van der Waals surface area contributed by atoms with Gasteiger partial charge in [0.25, 0.3) is 5.91 Å². The fourth-order valence-electron chi connectivity index (χ4n) is 3.59. The van der Waals surface area contributed by atoms with Crippen molar-refractivity contribution < 1.29 is 23.2 Å². The van der Waals surface area contributed by atoms with Crippen molar-refractivity contribution in [3.05, 3.63) is 84.1 Å². The number of carbonyl (C=O) groups excluding carboxylic acids is 1. The molecule has 2 aromatic carbocycles. The Bertz CT molecular complexity index is 1190.